The molecular formula is C27H26FN5O. The summed E-state index contributed by atoms with van der Waals surface area (Å²) in [6.45, 7) is 2.69. The average molecular weight is 456 g/mol. The minimum absolute atomic E-state index is 0.0414. The third kappa shape index (κ3) is 4.78. The second kappa shape index (κ2) is 9.79. The van der Waals surface area contributed by atoms with E-state index in [0.717, 1.165) is 22.6 Å². The number of carbonyl (C=O) groups excluding carboxylic acids is 1. The largest absolute Gasteiger partial charge is 0.378 e. The maximum atomic E-state index is 13.7. The molecule has 6 nitrogen and oxygen atoms in total. The summed E-state index contributed by atoms with van der Waals surface area (Å²) in [5.74, 6) is 1.02. The molecule has 1 aliphatic rings. The van der Waals surface area contributed by atoms with Gasteiger partial charge in [-0.25, -0.2) is 9.37 Å². The predicted molar refractivity (Wildman–Crippen MR) is 131 cm³/mol. The number of hydrogen-bond acceptors (Lipinski definition) is 4. The van der Waals surface area contributed by atoms with E-state index < -0.39 is 0 Å². The topological polar surface area (TPSA) is 62.2 Å². The average Bonchev–Trinajstić information content (AvgIpc) is 3.12. The normalized spacial score (nSPS) is 13.2. The quantitative estimate of drug-likeness (QED) is 0.422. The van der Waals surface area contributed by atoms with Gasteiger partial charge in [0.1, 0.15) is 11.6 Å². The highest BCUT2D eigenvalue weighted by Crippen LogP contribution is 2.25. The molecule has 4 aromatic rings. The maximum Gasteiger partial charge on any atom is 0.274 e. The number of hydrogen-bond donors (Lipinski definition) is 2. The predicted octanol–water partition coefficient (Wildman–Crippen LogP) is 4.75. The van der Waals surface area contributed by atoms with E-state index in [0.29, 0.717) is 44.2 Å². The second-order valence-corrected chi connectivity index (χ2v) is 8.30. The molecule has 2 heterocycles. The monoisotopic (exact) mass is 455 g/mol. The van der Waals surface area contributed by atoms with Gasteiger partial charge in [0.05, 0.1) is 6.54 Å². The number of anilines is 2. The van der Waals surface area contributed by atoms with Crippen molar-refractivity contribution in [2.24, 2.45) is 0 Å². The lowest BCUT2D eigenvalue weighted by atomic mass is 10.2. The van der Waals surface area contributed by atoms with Crippen molar-refractivity contribution in [1.82, 2.24) is 14.5 Å². The van der Waals surface area contributed by atoms with Crippen LogP contribution >= 0.6 is 0 Å². The lowest BCUT2D eigenvalue weighted by molar-refractivity contribution is 0.0745. The molecule has 1 amide bonds. The summed E-state index contributed by atoms with van der Waals surface area (Å²) in [6, 6.07) is 26.3. The molecule has 0 radical (unpaired) electrons. The van der Waals surface area contributed by atoms with Gasteiger partial charge in [-0.2, -0.15) is 0 Å². The number of amides is 1. The Kier molecular flexibility index (Phi) is 6.25. The fraction of sp³-hybridized carbons (Fsp3) is 0.185. The third-order valence-electron chi connectivity index (χ3n) is 5.91. The highest BCUT2D eigenvalue weighted by molar-refractivity contribution is 5.98. The van der Waals surface area contributed by atoms with Crippen molar-refractivity contribution in [3.05, 3.63) is 113 Å². The summed E-state index contributed by atoms with van der Waals surface area (Å²) in [5.41, 5.74) is 3.52. The zero-order valence-corrected chi connectivity index (χ0v) is 18.7. The van der Waals surface area contributed by atoms with Crippen molar-refractivity contribution in [1.29, 1.82) is 0 Å². The van der Waals surface area contributed by atoms with Crippen LogP contribution < -0.4 is 10.6 Å². The number of aromatic nitrogens is 2. The van der Waals surface area contributed by atoms with Crippen molar-refractivity contribution in [3.63, 3.8) is 0 Å². The Balaban J connectivity index is 1.47. The highest BCUT2D eigenvalue weighted by Gasteiger charge is 2.29. The number of nitrogens with one attached hydrogen (secondary N) is 2. The zero-order valence-electron chi connectivity index (χ0n) is 18.7. The van der Waals surface area contributed by atoms with E-state index in [9.17, 15) is 9.18 Å². The first-order valence-electron chi connectivity index (χ1n) is 11.4. The number of carbonyl (C=O) groups is 1. The molecule has 7 heteroatoms. The molecule has 5 rings (SSSR count). The van der Waals surface area contributed by atoms with Gasteiger partial charge >= 0.3 is 0 Å². The summed E-state index contributed by atoms with van der Waals surface area (Å²) >= 11 is 0. The van der Waals surface area contributed by atoms with Crippen LogP contribution in [0.1, 0.15) is 27.4 Å². The first-order chi connectivity index (χ1) is 16.7. The van der Waals surface area contributed by atoms with Gasteiger partial charge in [-0.3, -0.25) is 4.79 Å². The van der Waals surface area contributed by atoms with Crippen molar-refractivity contribution in [3.8, 4) is 0 Å². The summed E-state index contributed by atoms with van der Waals surface area (Å²) in [5, 5.41) is 6.65. The van der Waals surface area contributed by atoms with Gasteiger partial charge in [0.25, 0.3) is 5.91 Å². The molecule has 0 saturated carbocycles. The minimum Gasteiger partial charge on any atom is -0.378 e. The minimum atomic E-state index is -0.281. The van der Waals surface area contributed by atoms with E-state index in [1.54, 1.807) is 12.1 Å². The molecule has 0 saturated heterocycles. The van der Waals surface area contributed by atoms with Gasteiger partial charge in [0.2, 0.25) is 0 Å². The highest BCUT2D eigenvalue weighted by atomic mass is 19.1. The van der Waals surface area contributed by atoms with Crippen molar-refractivity contribution < 1.29 is 9.18 Å². The fourth-order valence-corrected chi connectivity index (χ4v) is 4.17. The SMILES string of the molecule is O=C1c2c(nc(CNc3ccc(F)cc3)n2Cc2ccccc2)NCCN1Cc1ccccc1. The maximum absolute atomic E-state index is 13.7. The van der Waals surface area contributed by atoms with Gasteiger partial charge in [0.15, 0.2) is 11.5 Å². The van der Waals surface area contributed by atoms with Gasteiger partial charge in [-0.15, -0.1) is 0 Å². The van der Waals surface area contributed by atoms with Crippen LogP contribution in [0, 0.1) is 5.82 Å². The van der Waals surface area contributed by atoms with Gasteiger partial charge in [-0.1, -0.05) is 60.7 Å². The molecule has 0 bridgehead atoms. The van der Waals surface area contributed by atoms with Crippen LogP contribution in [0.15, 0.2) is 84.9 Å². The molecule has 1 aromatic heterocycles. The van der Waals surface area contributed by atoms with Crippen LogP contribution in [-0.2, 0) is 19.6 Å². The molecule has 2 N–H and O–H groups in total. The Labute approximate surface area is 198 Å². The molecule has 0 unspecified atom stereocenters. The van der Waals surface area contributed by atoms with Gasteiger partial charge < -0.3 is 20.1 Å². The molecule has 0 fully saturated rings. The molecule has 1 aliphatic heterocycles. The number of halogens is 1. The van der Waals surface area contributed by atoms with Crippen LogP contribution in [0.4, 0.5) is 15.9 Å². The van der Waals surface area contributed by atoms with Crippen molar-refractivity contribution in [2.75, 3.05) is 23.7 Å². The molecule has 172 valence electrons. The van der Waals surface area contributed by atoms with E-state index in [1.165, 1.54) is 12.1 Å². The molecule has 0 atom stereocenters. The third-order valence-corrected chi connectivity index (χ3v) is 5.91. The lowest BCUT2D eigenvalue weighted by Crippen LogP contribution is -2.33. The van der Waals surface area contributed by atoms with Crippen LogP contribution in [0.25, 0.3) is 0 Å². The van der Waals surface area contributed by atoms with Crippen LogP contribution in [0.5, 0.6) is 0 Å². The molecule has 3 aromatic carbocycles. The fourth-order valence-electron chi connectivity index (χ4n) is 4.17. The summed E-state index contributed by atoms with van der Waals surface area (Å²) in [4.78, 5) is 20.4. The van der Waals surface area contributed by atoms with E-state index >= 15 is 0 Å². The number of benzene rings is 3. The van der Waals surface area contributed by atoms with Crippen molar-refractivity contribution >= 4 is 17.4 Å². The summed E-state index contributed by atoms with van der Waals surface area (Å²) in [6.07, 6.45) is 0. The Hall–Kier alpha value is -4.13. The molecule has 34 heavy (non-hydrogen) atoms. The smallest absolute Gasteiger partial charge is 0.274 e. The molecular weight excluding hydrogens is 429 g/mol. The van der Waals surface area contributed by atoms with E-state index in [1.807, 2.05) is 70.1 Å². The van der Waals surface area contributed by atoms with Crippen molar-refractivity contribution in [2.45, 2.75) is 19.6 Å². The van der Waals surface area contributed by atoms with E-state index in [-0.39, 0.29) is 11.7 Å². The number of imidazole rings is 1. The number of fused-ring (bicyclic) bond motifs is 1. The Morgan fingerprint density at radius 1 is 0.882 bits per heavy atom. The zero-order chi connectivity index (χ0) is 23.3. The molecule has 0 aliphatic carbocycles. The van der Waals surface area contributed by atoms with Crippen LogP contribution in [0.2, 0.25) is 0 Å². The lowest BCUT2D eigenvalue weighted by Gasteiger charge is -2.22. The first kappa shape index (κ1) is 21.7. The first-order valence-corrected chi connectivity index (χ1v) is 11.4. The number of nitrogens with zero attached hydrogens (tertiary/aromatic N) is 3. The van der Waals surface area contributed by atoms with Crippen LogP contribution in [-0.4, -0.2) is 33.4 Å². The summed E-state index contributed by atoms with van der Waals surface area (Å²) in [7, 11) is 0. The number of rotatable bonds is 7. The standard InChI is InChI=1S/C27H26FN5O/c28-22-11-13-23(14-12-22)30-17-24-31-26-25(33(24)19-21-9-5-2-6-10-21)27(34)32(16-15-29-26)18-20-7-3-1-4-8-20/h1-14,29-30H,15-19H2. The van der Waals surface area contributed by atoms with E-state index in [4.69, 9.17) is 4.98 Å². The van der Waals surface area contributed by atoms with Crippen LogP contribution in [0.3, 0.4) is 0 Å². The van der Waals surface area contributed by atoms with E-state index in [2.05, 4.69) is 10.6 Å². The Bertz CT molecular complexity index is 1260. The molecule has 0 spiro atoms. The van der Waals surface area contributed by atoms with Gasteiger partial charge in [-0.05, 0) is 35.4 Å². The Morgan fingerprint density at radius 3 is 2.21 bits per heavy atom. The second-order valence-electron chi connectivity index (χ2n) is 8.30. The summed E-state index contributed by atoms with van der Waals surface area (Å²) < 4.78 is 15.3. The Morgan fingerprint density at radius 2 is 1.53 bits per heavy atom. The van der Waals surface area contributed by atoms with Gasteiger partial charge in [0, 0.05) is 31.9 Å².